The zero-order valence-corrected chi connectivity index (χ0v) is 27.9. The van der Waals surface area contributed by atoms with E-state index in [9.17, 15) is 19.2 Å². The highest BCUT2D eigenvalue weighted by molar-refractivity contribution is 7.99. The van der Waals surface area contributed by atoms with Gasteiger partial charge < -0.3 is 19.7 Å². The lowest BCUT2D eigenvalue weighted by Gasteiger charge is -2.16. The molecule has 0 saturated carbocycles. The van der Waals surface area contributed by atoms with Gasteiger partial charge in [-0.1, -0.05) is 102 Å². The first kappa shape index (κ1) is 40.8. The molecule has 1 unspecified atom stereocenters. The molecular weight excluding hydrogens is 588 g/mol. The molecule has 2 N–H and O–H groups in total. The van der Waals surface area contributed by atoms with Crippen LogP contribution >= 0.6 is 23.5 Å². The molecule has 0 aliphatic carbocycles. The van der Waals surface area contributed by atoms with Gasteiger partial charge >= 0.3 is 23.9 Å². The van der Waals surface area contributed by atoms with Crippen molar-refractivity contribution in [3.63, 3.8) is 0 Å². The van der Waals surface area contributed by atoms with Gasteiger partial charge in [0.15, 0.2) is 0 Å². The van der Waals surface area contributed by atoms with E-state index in [0.29, 0.717) is 42.5 Å². The van der Waals surface area contributed by atoms with Gasteiger partial charge in [-0.15, -0.1) is 0 Å². The fraction of sp³-hybridized carbons (Fsp3) is 0.697. The smallest absolute Gasteiger partial charge is 0.307 e. The molecule has 0 saturated heterocycles. The molecule has 0 radical (unpaired) electrons. The number of hydrogen-bond acceptors (Lipinski definition) is 8. The molecule has 43 heavy (non-hydrogen) atoms. The van der Waals surface area contributed by atoms with Crippen molar-refractivity contribution in [2.45, 2.75) is 116 Å². The number of carbonyl (C=O) groups is 4. The number of thioether (sulfide) groups is 2. The molecule has 1 aromatic rings. The molecule has 1 aromatic carbocycles. The van der Waals surface area contributed by atoms with E-state index in [1.54, 1.807) is 11.8 Å². The van der Waals surface area contributed by atoms with Crippen LogP contribution in [0.3, 0.4) is 0 Å². The lowest BCUT2D eigenvalue weighted by atomic mass is 10.1. The molecule has 1 atom stereocenters. The highest BCUT2D eigenvalue weighted by Crippen LogP contribution is 2.21. The molecule has 8 nitrogen and oxygen atoms in total. The van der Waals surface area contributed by atoms with E-state index < -0.39 is 11.9 Å². The molecule has 0 spiro atoms. The number of aliphatic carboxylic acids is 2. The maximum absolute atomic E-state index is 12.1. The van der Waals surface area contributed by atoms with E-state index in [1.165, 1.54) is 63.1 Å². The normalized spacial score (nSPS) is 11.2. The summed E-state index contributed by atoms with van der Waals surface area (Å²) in [4.78, 5) is 43.8. The predicted octanol–water partition coefficient (Wildman–Crippen LogP) is 8.33. The van der Waals surface area contributed by atoms with E-state index in [2.05, 4.69) is 6.92 Å². The van der Waals surface area contributed by atoms with Gasteiger partial charge in [0.2, 0.25) is 0 Å². The van der Waals surface area contributed by atoms with E-state index in [-0.39, 0.29) is 30.9 Å². The highest BCUT2D eigenvalue weighted by atomic mass is 32.2. The predicted molar refractivity (Wildman–Crippen MR) is 177 cm³/mol. The Hall–Kier alpha value is -2.20. The van der Waals surface area contributed by atoms with Crippen LogP contribution in [0.4, 0.5) is 0 Å². The topological polar surface area (TPSA) is 127 Å². The molecule has 0 fully saturated rings. The monoisotopic (exact) mass is 642 g/mol. The SMILES string of the molecule is CCCCCCCCCCCCOC(=O)CCSCCC(=O)OC(CC)c1ccccc1.O=C(O)CCSCCC(=O)O. The number of rotatable bonds is 26. The first-order valence-corrected chi connectivity index (χ1v) is 18.1. The van der Waals surface area contributed by atoms with Crippen LogP contribution in [0.2, 0.25) is 0 Å². The number of carboxylic acid groups (broad SMARTS) is 2. The second kappa shape index (κ2) is 29.9. The van der Waals surface area contributed by atoms with Gasteiger partial charge in [-0.05, 0) is 18.4 Å². The number of carboxylic acids is 2. The van der Waals surface area contributed by atoms with Gasteiger partial charge in [-0.25, -0.2) is 0 Å². The Kier molecular flexibility index (Phi) is 28.3. The average Bonchev–Trinajstić information content (AvgIpc) is 2.98. The van der Waals surface area contributed by atoms with Crippen molar-refractivity contribution in [1.82, 2.24) is 0 Å². The van der Waals surface area contributed by atoms with Crippen molar-refractivity contribution in [1.29, 1.82) is 0 Å². The Bertz CT molecular complexity index is 835. The molecule has 1 rings (SSSR count). The molecule has 0 bridgehead atoms. The zero-order valence-electron chi connectivity index (χ0n) is 26.3. The molecule has 246 valence electrons. The van der Waals surface area contributed by atoms with Gasteiger partial charge in [-0.3, -0.25) is 19.2 Å². The van der Waals surface area contributed by atoms with Gasteiger partial charge in [0.05, 0.1) is 32.3 Å². The largest absolute Gasteiger partial charge is 0.481 e. The van der Waals surface area contributed by atoms with Crippen LogP contribution in [-0.2, 0) is 28.7 Å². The summed E-state index contributed by atoms with van der Waals surface area (Å²) in [5, 5.41) is 16.4. The maximum atomic E-state index is 12.1. The van der Waals surface area contributed by atoms with Crippen molar-refractivity contribution >= 4 is 47.4 Å². The molecule has 0 amide bonds. The van der Waals surface area contributed by atoms with E-state index >= 15 is 0 Å². The summed E-state index contributed by atoms with van der Waals surface area (Å²) in [7, 11) is 0. The minimum absolute atomic E-state index is 0.101. The quantitative estimate of drug-likeness (QED) is 0.0752. The molecule has 0 heterocycles. The van der Waals surface area contributed by atoms with Crippen LogP contribution in [-0.4, -0.2) is 63.7 Å². The van der Waals surface area contributed by atoms with E-state index in [0.717, 1.165) is 24.8 Å². The number of unbranched alkanes of at least 4 members (excludes halogenated alkanes) is 9. The number of ether oxygens (including phenoxy) is 2. The van der Waals surface area contributed by atoms with Crippen LogP contribution in [0, 0.1) is 0 Å². The summed E-state index contributed by atoms with van der Waals surface area (Å²) >= 11 is 2.95. The summed E-state index contributed by atoms with van der Waals surface area (Å²) in [6.07, 6.45) is 14.3. The molecule has 10 heteroatoms. The summed E-state index contributed by atoms with van der Waals surface area (Å²) in [6.45, 7) is 4.80. The third-order valence-corrected chi connectivity index (χ3v) is 8.37. The maximum Gasteiger partial charge on any atom is 0.307 e. The highest BCUT2D eigenvalue weighted by Gasteiger charge is 2.14. The second-order valence-corrected chi connectivity index (χ2v) is 12.7. The van der Waals surface area contributed by atoms with Crippen molar-refractivity contribution in [3.05, 3.63) is 35.9 Å². The van der Waals surface area contributed by atoms with Gasteiger partial charge in [0, 0.05) is 23.0 Å². The number of hydrogen-bond donors (Lipinski definition) is 2. The van der Waals surface area contributed by atoms with Crippen LogP contribution < -0.4 is 0 Å². The van der Waals surface area contributed by atoms with Crippen molar-refractivity contribution < 1.29 is 38.9 Å². The number of esters is 2. The van der Waals surface area contributed by atoms with Crippen molar-refractivity contribution in [2.75, 3.05) is 29.6 Å². The lowest BCUT2D eigenvalue weighted by molar-refractivity contribution is -0.149. The zero-order chi connectivity index (χ0) is 32.0. The fourth-order valence-corrected chi connectivity index (χ4v) is 5.62. The van der Waals surface area contributed by atoms with Gasteiger partial charge in [-0.2, -0.15) is 23.5 Å². The fourth-order valence-electron chi connectivity index (χ4n) is 3.95. The Morgan fingerprint density at radius 2 is 1.12 bits per heavy atom. The Balaban J connectivity index is 0.00000135. The standard InChI is InChI=1S/C27H44O4S.C6H10O4S/c1-3-5-6-7-8-9-10-11-12-16-21-30-26(28)19-22-32-23-20-27(29)31-25(4-2)24-17-14-13-15-18-24;7-5(8)1-3-11-4-2-6(9)10/h13-15,17-18,25H,3-12,16,19-23H2,1-2H3;1-4H2,(H,7,8)(H,9,10). The van der Waals surface area contributed by atoms with Gasteiger partial charge in [0.25, 0.3) is 0 Å². The van der Waals surface area contributed by atoms with E-state index in [1.807, 2.05) is 37.3 Å². The minimum Gasteiger partial charge on any atom is -0.481 e. The Labute approximate surface area is 267 Å². The molecule has 0 aromatic heterocycles. The third kappa shape index (κ3) is 28.3. The Morgan fingerprint density at radius 3 is 1.60 bits per heavy atom. The summed E-state index contributed by atoms with van der Waals surface area (Å²) in [5.74, 6) is 0.324. The summed E-state index contributed by atoms with van der Waals surface area (Å²) < 4.78 is 10.9. The number of carbonyl (C=O) groups excluding carboxylic acids is 2. The van der Waals surface area contributed by atoms with Crippen molar-refractivity contribution in [2.24, 2.45) is 0 Å². The first-order valence-electron chi connectivity index (χ1n) is 15.8. The lowest BCUT2D eigenvalue weighted by Crippen LogP contribution is -2.12. The van der Waals surface area contributed by atoms with Crippen LogP contribution in [0.25, 0.3) is 0 Å². The molecule has 0 aliphatic rings. The first-order chi connectivity index (χ1) is 20.8. The molecular formula is C33H54O8S2. The summed E-state index contributed by atoms with van der Waals surface area (Å²) in [6, 6.07) is 9.83. The van der Waals surface area contributed by atoms with Crippen LogP contribution in [0.1, 0.15) is 122 Å². The minimum atomic E-state index is -0.840. The Morgan fingerprint density at radius 1 is 0.651 bits per heavy atom. The van der Waals surface area contributed by atoms with Crippen LogP contribution in [0.5, 0.6) is 0 Å². The molecule has 0 aliphatic heterocycles. The number of benzene rings is 1. The summed E-state index contributed by atoms with van der Waals surface area (Å²) in [5.41, 5.74) is 1.03. The van der Waals surface area contributed by atoms with Crippen molar-refractivity contribution in [3.8, 4) is 0 Å². The second-order valence-electron chi connectivity index (χ2n) is 10.2. The van der Waals surface area contributed by atoms with Gasteiger partial charge in [0.1, 0.15) is 6.10 Å². The third-order valence-electron chi connectivity index (χ3n) is 6.40. The van der Waals surface area contributed by atoms with Crippen LogP contribution in [0.15, 0.2) is 30.3 Å². The van der Waals surface area contributed by atoms with E-state index in [4.69, 9.17) is 19.7 Å². The average molecular weight is 643 g/mol.